The Labute approximate surface area is 97.6 Å². The Morgan fingerprint density at radius 2 is 2.06 bits per heavy atom. The van der Waals surface area contributed by atoms with Gasteiger partial charge in [-0.15, -0.1) is 0 Å². The van der Waals surface area contributed by atoms with Gasteiger partial charge in [-0.3, -0.25) is 4.79 Å². The topological polar surface area (TPSA) is 83.6 Å². The molecule has 3 N–H and O–H groups in total. The zero-order chi connectivity index (χ0) is 13.2. The summed E-state index contributed by atoms with van der Waals surface area (Å²) < 4.78 is 13.5. The molecule has 92 valence electrons. The van der Waals surface area contributed by atoms with Gasteiger partial charge in [0.05, 0.1) is 5.56 Å². The lowest BCUT2D eigenvalue weighted by molar-refractivity contribution is -0.141. The minimum absolute atomic E-state index is 0.199. The summed E-state index contributed by atoms with van der Waals surface area (Å²) in [4.78, 5) is 23.5. The lowest BCUT2D eigenvalue weighted by Crippen LogP contribution is -2.40. The highest BCUT2D eigenvalue weighted by Crippen LogP contribution is 2.14. The highest BCUT2D eigenvalue weighted by molar-refractivity contribution is 5.96. The van der Waals surface area contributed by atoms with E-state index in [1.165, 1.54) is 26.1 Å². The fraction of sp³-hybridized carbons (Fsp3) is 0.273. The smallest absolute Gasteiger partial charge is 0.326 e. The van der Waals surface area contributed by atoms with Crippen molar-refractivity contribution < 1.29 is 19.1 Å². The largest absolute Gasteiger partial charge is 0.480 e. The van der Waals surface area contributed by atoms with Crippen LogP contribution in [0, 0.1) is 5.82 Å². The van der Waals surface area contributed by atoms with Crippen LogP contribution >= 0.6 is 0 Å². The van der Waals surface area contributed by atoms with E-state index < -0.39 is 23.7 Å². The van der Waals surface area contributed by atoms with Crippen LogP contribution in [0.3, 0.4) is 0 Å². The van der Waals surface area contributed by atoms with Crippen molar-refractivity contribution in [2.45, 2.75) is 13.0 Å². The average molecular weight is 240 g/mol. The lowest BCUT2D eigenvalue weighted by atomic mass is 10.1. The molecule has 6 heteroatoms. The maximum Gasteiger partial charge on any atom is 0.326 e. The number of nitrogen functional groups attached to an aromatic ring is 1. The number of carbonyl (C=O) groups is 2. The van der Waals surface area contributed by atoms with Crippen LogP contribution in [0.5, 0.6) is 0 Å². The van der Waals surface area contributed by atoms with Gasteiger partial charge < -0.3 is 15.7 Å². The number of carboxylic acid groups (broad SMARTS) is 1. The molecule has 0 unspecified atom stereocenters. The molecule has 1 aromatic rings. The van der Waals surface area contributed by atoms with Gasteiger partial charge in [-0.25, -0.2) is 9.18 Å². The molecule has 1 amide bonds. The first-order chi connectivity index (χ1) is 7.84. The number of nitrogens with two attached hydrogens (primary N) is 1. The molecule has 1 atom stereocenters. The molecular weight excluding hydrogens is 227 g/mol. The van der Waals surface area contributed by atoms with Gasteiger partial charge in [0.25, 0.3) is 5.91 Å². The van der Waals surface area contributed by atoms with E-state index in [1.807, 2.05) is 0 Å². The fourth-order valence-electron chi connectivity index (χ4n) is 1.24. The monoisotopic (exact) mass is 240 g/mol. The fourth-order valence-corrected chi connectivity index (χ4v) is 1.24. The number of nitrogens with zero attached hydrogens (tertiary/aromatic N) is 1. The molecule has 0 aromatic heterocycles. The third kappa shape index (κ3) is 2.72. The number of aliphatic carboxylic acids is 1. The van der Waals surface area contributed by atoms with Crippen molar-refractivity contribution in [3.8, 4) is 0 Å². The van der Waals surface area contributed by atoms with Crippen LogP contribution in [0.15, 0.2) is 18.2 Å². The van der Waals surface area contributed by atoms with E-state index in [-0.39, 0.29) is 11.3 Å². The Morgan fingerprint density at radius 1 is 1.47 bits per heavy atom. The molecule has 0 spiro atoms. The van der Waals surface area contributed by atoms with Gasteiger partial charge in [-0.05, 0) is 25.1 Å². The van der Waals surface area contributed by atoms with Crippen molar-refractivity contribution >= 4 is 17.6 Å². The normalized spacial score (nSPS) is 11.9. The van der Waals surface area contributed by atoms with Gasteiger partial charge in [-0.1, -0.05) is 0 Å². The Morgan fingerprint density at radius 3 is 2.53 bits per heavy atom. The summed E-state index contributed by atoms with van der Waals surface area (Å²) in [6.45, 7) is 1.34. The van der Waals surface area contributed by atoms with Gasteiger partial charge in [0.2, 0.25) is 0 Å². The molecule has 0 radical (unpaired) electrons. The standard InChI is InChI=1S/C11H13FN2O3/c1-6(11(16)17)14(2)10(15)8-4-3-7(13)5-9(8)12/h3-6H,13H2,1-2H3,(H,16,17)/t6-/m0/s1. The third-order valence-corrected chi connectivity index (χ3v) is 2.48. The van der Waals surface area contributed by atoms with E-state index in [4.69, 9.17) is 10.8 Å². The highest BCUT2D eigenvalue weighted by atomic mass is 19.1. The van der Waals surface area contributed by atoms with Gasteiger partial charge in [0.15, 0.2) is 0 Å². The van der Waals surface area contributed by atoms with E-state index in [0.29, 0.717) is 0 Å². The van der Waals surface area contributed by atoms with E-state index >= 15 is 0 Å². The number of halogens is 1. The van der Waals surface area contributed by atoms with Gasteiger partial charge in [0.1, 0.15) is 11.9 Å². The molecule has 1 aromatic carbocycles. The molecular formula is C11H13FN2O3. The van der Waals surface area contributed by atoms with Crippen LogP contribution in [0.2, 0.25) is 0 Å². The molecule has 1 rings (SSSR count). The molecule has 0 heterocycles. The van der Waals surface area contributed by atoms with Gasteiger partial charge in [0, 0.05) is 12.7 Å². The van der Waals surface area contributed by atoms with Crippen LogP contribution in [-0.2, 0) is 4.79 Å². The van der Waals surface area contributed by atoms with E-state index in [9.17, 15) is 14.0 Å². The SMILES string of the molecule is C[C@@H](C(=O)O)N(C)C(=O)c1ccc(N)cc1F. The number of anilines is 1. The minimum atomic E-state index is -1.16. The predicted molar refractivity (Wildman–Crippen MR) is 60.0 cm³/mol. The number of carboxylic acids is 1. The Hall–Kier alpha value is -2.11. The molecule has 0 fully saturated rings. The summed E-state index contributed by atoms with van der Waals surface area (Å²) in [5.74, 6) is -2.62. The molecule has 0 bridgehead atoms. The van der Waals surface area contributed by atoms with Gasteiger partial charge in [-0.2, -0.15) is 0 Å². The summed E-state index contributed by atoms with van der Waals surface area (Å²) in [6, 6.07) is 2.61. The number of hydrogen-bond acceptors (Lipinski definition) is 3. The highest BCUT2D eigenvalue weighted by Gasteiger charge is 2.24. The van der Waals surface area contributed by atoms with Gasteiger partial charge >= 0.3 is 5.97 Å². The number of benzene rings is 1. The zero-order valence-corrected chi connectivity index (χ0v) is 9.48. The summed E-state index contributed by atoms with van der Waals surface area (Å²) in [7, 11) is 1.30. The minimum Gasteiger partial charge on any atom is -0.480 e. The Bertz CT molecular complexity index is 462. The second-order valence-electron chi connectivity index (χ2n) is 3.67. The Kier molecular flexibility index (Phi) is 3.67. The quantitative estimate of drug-likeness (QED) is 0.770. The maximum atomic E-state index is 13.5. The van der Waals surface area contributed by atoms with Crippen molar-refractivity contribution in [2.24, 2.45) is 0 Å². The predicted octanol–water partition coefficient (Wildman–Crippen LogP) is 0.953. The summed E-state index contributed by atoms with van der Waals surface area (Å²) in [6.07, 6.45) is 0. The van der Waals surface area contributed by atoms with Crippen LogP contribution < -0.4 is 5.73 Å². The lowest BCUT2D eigenvalue weighted by Gasteiger charge is -2.21. The van der Waals surface area contributed by atoms with E-state index in [2.05, 4.69) is 0 Å². The van der Waals surface area contributed by atoms with E-state index in [1.54, 1.807) is 0 Å². The third-order valence-electron chi connectivity index (χ3n) is 2.48. The number of hydrogen-bond donors (Lipinski definition) is 2. The first-order valence-electron chi connectivity index (χ1n) is 4.89. The summed E-state index contributed by atoms with van der Waals surface area (Å²) in [5, 5.41) is 8.75. The molecule has 17 heavy (non-hydrogen) atoms. The summed E-state index contributed by atoms with van der Waals surface area (Å²) in [5.41, 5.74) is 5.36. The second-order valence-corrected chi connectivity index (χ2v) is 3.67. The van der Waals surface area contributed by atoms with Crippen molar-refractivity contribution in [3.05, 3.63) is 29.6 Å². The van der Waals surface area contributed by atoms with Crippen molar-refractivity contribution in [2.75, 3.05) is 12.8 Å². The molecule has 0 saturated carbocycles. The maximum absolute atomic E-state index is 13.5. The molecule has 5 nitrogen and oxygen atoms in total. The Balaban J connectivity index is 3.00. The number of amides is 1. The number of likely N-dealkylation sites (N-methyl/N-ethyl adjacent to an activating group) is 1. The molecule has 0 aliphatic rings. The van der Waals surface area contributed by atoms with Crippen LogP contribution in [0.1, 0.15) is 17.3 Å². The second kappa shape index (κ2) is 4.82. The molecule has 0 aliphatic carbocycles. The van der Waals surface area contributed by atoms with Crippen molar-refractivity contribution in [1.82, 2.24) is 4.90 Å². The first kappa shape index (κ1) is 13.0. The number of carbonyl (C=O) groups excluding carboxylic acids is 1. The van der Waals surface area contributed by atoms with E-state index in [0.717, 1.165) is 11.0 Å². The van der Waals surface area contributed by atoms with Crippen LogP contribution in [0.25, 0.3) is 0 Å². The average Bonchev–Trinajstić information content (AvgIpc) is 2.26. The first-order valence-corrected chi connectivity index (χ1v) is 4.89. The van der Waals surface area contributed by atoms with Crippen molar-refractivity contribution in [3.63, 3.8) is 0 Å². The van der Waals surface area contributed by atoms with Crippen molar-refractivity contribution in [1.29, 1.82) is 0 Å². The molecule has 0 saturated heterocycles. The molecule has 0 aliphatic heterocycles. The summed E-state index contributed by atoms with van der Waals surface area (Å²) >= 11 is 0. The van der Waals surface area contributed by atoms with Crippen LogP contribution in [0.4, 0.5) is 10.1 Å². The number of rotatable bonds is 3. The zero-order valence-electron chi connectivity index (χ0n) is 9.48. The van der Waals surface area contributed by atoms with Crippen LogP contribution in [-0.4, -0.2) is 35.0 Å².